The van der Waals surface area contributed by atoms with E-state index >= 15 is 0 Å². The standard InChI is InChI=1S/C13H21BrN2OS/c1-16(8-11-7-12(14)18-9-11)13(10-15)3-2-5-17-6-4-13/h7,9H,2-6,8,10,15H2,1H3. The average Bonchev–Trinajstić information content (AvgIpc) is 2.65. The lowest BCUT2D eigenvalue weighted by atomic mass is 9.88. The van der Waals surface area contributed by atoms with Gasteiger partial charge in [0.1, 0.15) is 0 Å². The topological polar surface area (TPSA) is 38.5 Å². The third-order valence-electron chi connectivity index (χ3n) is 3.87. The maximum Gasteiger partial charge on any atom is 0.0701 e. The first-order chi connectivity index (χ1) is 8.66. The molecule has 0 aliphatic carbocycles. The van der Waals surface area contributed by atoms with Gasteiger partial charge in [0.2, 0.25) is 0 Å². The fourth-order valence-corrected chi connectivity index (χ4v) is 3.80. The van der Waals surface area contributed by atoms with Gasteiger partial charge in [0.25, 0.3) is 0 Å². The van der Waals surface area contributed by atoms with Gasteiger partial charge in [0, 0.05) is 31.8 Å². The van der Waals surface area contributed by atoms with Crippen molar-refractivity contribution in [2.45, 2.75) is 31.3 Å². The van der Waals surface area contributed by atoms with Gasteiger partial charge in [-0.3, -0.25) is 4.90 Å². The van der Waals surface area contributed by atoms with Gasteiger partial charge in [0.15, 0.2) is 0 Å². The molecule has 18 heavy (non-hydrogen) atoms. The van der Waals surface area contributed by atoms with E-state index in [0.717, 1.165) is 39.0 Å². The Balaban J connectivity index is 2.06. The maximum atomic E-state index is 6.06. The number of ether oxygens (including phenoxy) is 1. The minimum absolute atomic E-state index is 0.102. The van der Waals surface area contributed by atoms with Crippen LogP contribution in [0.15, 0.2) is 15.2 Å². The van der Waals surface area contributed by atoms with E-state index in [0.29, 0.717) is 6.54 Å². The lowest BCUT2D eigenvalue weighted by Gasteiger charge is -2.40. The first kappa shape index (κ1) is 14.5. The lowest BCUT2D eigenvalue weighted by Crippen LogP contribution is -2.51. The van der Waals surface area contributed by atoms with Crippen LogP contribution < -0.4 is 5.73 Å². The molecule has 1 saturated heterocycles. The van der Waals surface area contributed by atoms with E-state index in [9.17, 15) is 0 Å². The Labute approximate surface area is 121 Å². The van der Waals surface area contributed by atoms with Crippen molar-refractivity contribution in [2.75, 3.05) is 26.8 Å². The summed E-state index contributed by atoms with van der Waals surface area (Å²) in [5.41, 5.74) is 7.52. The van der Waals surface area contributed by atoms with Gasteiger partial charge in [-0.25, -0.2) is 0 Å². The van der Waals surface area contributed by atoms with Crippen LogP contribution in [0.1, 0.15) is 24.8 Å². The van der Waals surface area contributed by atoms with Crippen LogP contribution in [-0.2, 0) is 11.3 Å². The quantitative estimate of drug-likeness (QED) is 0.921. The van der Waals surface area contributed by atoms with Gasteiger partial charge in [0.05, 0.1) is 3.79 Å². The minimum atomic E-state index is 0.102. The molecule has 0 amide bonds. The van der Waals surface area contributed by atoms with Crippen molar-refractivity contribution in [3.63, 3.8) is 0 Å². The zero-order chi connectivity index (χ0) is 13.0. The Morgan fingerprint density at radius 1 is 1.50 bits per heavy atom. The third-order valence-corrected chi connectivity index (χ3v) is 5.43. The monoisotopic (exact) mass is 332 g/mol. The number of nitrogens with zero attached hydrogens (tertiary/aromatic N) is 1. The van der Waals surface area contributed by atoms with Gasteiger partial charge < -0.3 is 10.5 Å². The molecule has 1 atom stereocenters. The smallest absolute Gasteiger partial charge is 0.0701 e. The molecule has 0 spiro atoms. The molecule has 1 aliphatic rings. The summed E-state index contributed by atoms with van der Waals surface area (Å²) in [7, 11) is 2.18. The van der Waals surface area contributed by atoms with Gasteiger partial charge in [-0.1, -0.05) is 0 Å². The first-order valence-corrected chi connectivity index (χ1v) is 8.05. The zero-order valence-corrected chi connectivity index (χ0v) is 13.2. The first-order valence-electron chi connectivity index (χ1n) is 6.38. The van der Waals surface area contributed by atoms with Crippen molar-refractivity contribution in [3.05, 3.63) is 20.8 Å². The molecule has 1 aliphatic heterocycles. The second kappa shape index (κ2) is 6.48. The summed E-state index contributed by atoms with van der Waals surface area (Å²) in [4.78, 5) is 2.41. The molecule has 2 N–H and O–H groups in total. The van der Waals surface area contributed by atoms with E-state index in [1.54, 1.807) is 11.3 Å². The number of halogens is 1. The van der Waals surface area contributed by atoms with Crippen LogP contribution in [0, 0.1) is 0 Å². The van der Waals surface area contributed by atoms with Crippen molar-refractivity contribution < 1.29 is 4.74 Å². The summed E-state index contributed by atoms with van der Waals surface area (Å²) < 4.78 is 6.76. The Hall–Kier alpha value is 0.0600. The summed E-state index contributed by atoms with van der Waals surface area (Å²) in [6, 6.07) is 2.19. The second-order valence-electron chi connectivity index (χ2n) is 5.01. The molecule has 1 aromatic heterocycles. The molecular weight excluding hydrogens is 312 g/mol. The van der Waals surface area contributed by atoms with Gasteiger partial charge in [-0.05, 0) is 59.2 Å². The van der Waals surface area contributed by atoms with Crippen molar-refractivity contribution in [3.8, 4) is 0 Å². The van der Waals surface area contributed by atoms with E-state index in [-0.39, 0.29) is 5.54 Å². The van der Waals surface area contributed by atoms with Crippen LogP contribution in [0.25, 0.3) is 0 Å². The van der Waals surface area contributed by atoms with E-state index in [1.807, 2.05) is 0 Å². The van der Waals surface area contributed by atoms with E-state index in [1.165, 1.54) is 9.35 Å². The van der Waals surface area contributed by atoms with Crippen molar-refractivity contribution in [1.29, 1.82) is 0 Å². The molecule has 0 saturated carbocycles. The molecule has 1 fully saturated rings. The third kappa shape index (κ3) is 3.33. The molecule has 1 unspecified atom stereocenters. The summed E-state index contributed by atoms with van der Waals surface area (Å²) in [6.45, 7) is 3.37. The normalized spacial score (nSPS) is 25.3. The predicted molar refractivity (Wildman–Crippen MR) is 79.9 cm³/mol. The molecule has 1 aromatic rings. The molecule has 2 rings (SSSR count). The molecule has 5 heteroatoms. The van der Waals surface area contributed by atoms with Crippen LogP contribution in [0.3, 0.4) is 0 Å². The van der Waals surface area contributed by atoms with Crippen LogP contribution >= 0.6 is 27.3 Å². The van der Waals surface area contributed by atoms with Crippen LogP contribution in [-0.4, -0.2) is 37.2 Å². The van der Waals surface area contributed by atoms with Crippen LogP contribution in [0.4, 0.5) is 0 Å². The minimum Gasteiger partial charge on any atom is -0.381 e. The highest BCUT2D eigenvalue weighted by Gasteiger charge is 2.33. The summed E-state index contributed by atoms with van der Waals surface area (Å²) in [5, 5.41) is 2.21. The molecule has 3 nitrogen and oxygen atoms in total. The Morgan fingerprint density at radius 2 is 2.33 bits per heavy atom. The number of hydrogen-bond donors (Lipinski definition) is 1. The van der Waals surface area contributed by atoms with Gasteiger partial charge >= 0.3 is 0 Å². The summed E-state index contributed by atoms with van der Waals surface area (Å²) >= 11 is 5.25. The predicted octanol–water partition coefficient (Wildman–Crippen LogP) is 2.84. The number of likely N-dealkylation sites (N-methyl/N-ethyl adjacent to an activating group) is 1. The van der Waals surface area contributed by atoms with E-state index in [2.05, 4.69) is 39.3 Å². The zero-order valence-electron chi connectivity index (χ0n) is 10.8. The van der Waals surface area contributed by atoms with E-state index < -0.39 is 0 Å². The molecule has 0 aromatic carbocycles. The highest BCUT2D eigenvalue weighted by molar-refractivity contribution is 9.11. The number of rotatable bonds is 4. The summed E-state index contributed by atoms with van der Waals surface area (Å²) in [5.74, 6) is 0. The highest BCUT2D eigenvalue weighted by atomic mass is 79.9. The van der Waals surface area contributed by atoms with Crippen molar-refractivity contribution in [1.82, 2.24) is 4.90 Å². The van der Waals surface area contributed by atoms with Gasteiger partial charge in [-0.15, -0.1) is 11.3 Å². The van der Waals surface area contributed by atoms with Crippen LogP contribution in [0.5, 0.6) is 0 Å². The van der Waals surface area contributed by atoms with E-state index in [4.69, 9.17) is 10.5 Å². The van der Waals surface area contributed by atoms with Gasteiger partial charge in [-0.2, -0.15) is 0 Å². The fourth-order valence-electron chi connectivity index (χ4n) is 2.60. The van der Waals surface area contributed by atoms with Crippen LogP contribution in [0.2, 0.25) is 0 Å². The van der Waals surface area contributed by atoms with Crippen molar-refractivity contribution >= 4 is 27.3 Å². The largest absolute Gasteiger partial charge is 0.381 e. The number of nitrogens with two attached hydrogens (primary N) is 1. The fraction of sp³-hybridized carbons (Fsp3) is 0.692. The highest BCUT2D eigenvalue weighted by Crippen LogP contribution is 2.29. The molecular formula is C13H21BrN2OS. The molecule has 2 heterocycles. The Kier molecular flexibility index (Phi) is 5.21. The SMILES string of the molecule is CN(Cc1csc(Br)c1)C1(CN)CCCOCC1. The average molecular weight is 333 g/mol. The Bertz CT molecular complexity index is 375. The number of thiophene rings is 1. The Morgan fingerprint density at radius 3 is 3.00 bits per heavy atom. The molecule has 0 bridgehead atoms. The van der Waals surface area contributed by atoms with Crippen molar-refractivity contribution in [2.24, 2.45) is 5.73 Å². The summed E-state index contributed by atoms with van der Waals surface area (Å²) in [6.07, 6.45) is 3.27. The molecule has 102 valence electrons. The maximum absolute atomic E-state index is 6.06. The molecule has 0 radical (unpaired) electrons. The number of hydrogen-bond acceptors (Lipinski definition) is 4. The second-order valence-corrected chi connectivity index (χ2v) is 7.30. The lowest BCUT2D eigenvalue weighted by molar-refractivity contribution is 0.0836.